The second-order valence-electron chi connectivity index (χ2n) is 6.39. The molecule has 5 heteroatoms. The molecule has 1 amide bonds. The minimum absolute atomic E-state index is 0.0417. The first kappa shape index (κ1) is 18.9. The lowest BCUT2D eigenvalue weighted by Crippen LogP contribution is -2.54. The van der Waals surface area contributed by atoms with Gasteiger partial charge in [-0.1, -0.05) is 40.0 Å². The van der Waals surface area contributed by atoms with Crippen LogP contribution in [0.15, 0.2) is 0 Å². The number of rotatable bonds is 8. The largest absolute Gasteiger partial charge is 0.464 e. The van der Waals surface area contributed by atoms with Crippen LogP contribution in [0.25, 0.3) is 0 Å². The molecule has 1 rings (SSSR count). The molecule has 0 aromatic heterocycles. The fraction of sp³-hybridized carbons (Fsp3) is 0.882. The molecule has 1 fully saturated rings. The number of amides is 1. The Morgan fingerprint density at radius 3 is 2.64 bits per heavy atom. The fourth-order valence-corrected chi connectivity index (χ4v) is 2.73. The minimum atomic E-state index is -0.537. The highest BCUT2D eigenvalue weighted by molar-refractivity contribution is 5.87. The molecule has 128 valence electrons. The van der Waals surface area contributed by atoms with E-state index in [-0.39, 0.29) is 23.8 Å². The molecule has 1 saturated heterocycles. The van der Waals surface area contributed by atoms with Gasteiger partial charge in [-0.2, -0.15) is 0 Å². The zero-order chi connectivity index (χ0) is 16.5. The van der Waals surface area contributed by atoms with Gasteiger partial charge in [-0.25, -0.2) is 4.79 Å². The van der Waals surface area contributed by atoms with Crippen molar-refractivity contribution in [3.63, 3.8) is 0 Å². The number of nitrogens with one attached hydrogen (secondary N) is 1. The van der Waals surface area contributed by atoms with Crippen molar-refractivity contribution in [3.8, 4) is 0 Å². The summed E-state index contributed by atoms with van der Waals surface area (Å²) in [5.41, 5.74) is 0. The molecule has 3 atom stereocenters. The third-order valence-electron chi connectivity index (χ3n) is 4.58. The molecule has 0 saturated carbocycles. The zero-order valence-electron chi connectivity index (χ0n) is 14.6. The normalized spacial score (nSPS) is 21.9. The number of carbonyl (C=O) groups excluding carboxylic acids is 2. The van der Waals surface area contributed by atoms with Gasteiger partial charge in [-0.05, 0) is 38.8 Å². The zero-order valence-corrected chi connectivity index (χ0v) is 14.6. The highest BCUT2D eigenvalue weighted by Crippen LogP contribution is 2.17. The third-order valence-corrected chi connectivity index (χ3v) is 4.58. The Bertz CT molecular complexity index is 360. The number of esters is 1. The predicted molar refractivity (Wildman–Crippen MR) is 87.5 cm³/mol. The van der Waals surface area contributed by atoms with Gasteiger partial charge in [0, 0.05) is 0 Å². The monoisotopic (exact) mass is 312 g/mol. The molecule has 0 aromatic carbocycles. The third kappa shape index (κ3) is 5.59. The number of likely N-dealkylation sites (N-methyl/N-ethyl adjacent to an activating group) is 1. The summed E-state index contributed by atoms with van der Waals surface area (Å²) in [6.07, 6.45) is 5.74. The summed E-state index contributed by atoms with van der Waals surface area (Å²) in [5.74, 6) is -0.262. The van der Waals surface area contributed by atoms with Crippen molar-refractivity contribution in [2.75, 3.05) is 20.2 Å². The van der Waals surface area contributed by atoms with Crippen molar-refractivity contribution in [3.05, 3.63) is 0 Å². The van der Waals surface area contributed by atoms with Crippen molar-refractivity contribution in [2.24, 2.45) is 5.92 Å². The molecule has 1 heterocycles. The van der Waals surface area contributed by atoms with Crippen LogP contribution in [0.4, 0.5) is 0 Å². The fourth-order valence-electron chi connectivity index (χ4n) is 2.73. The predicted octanol–water partition coefficient (Wildman–Crippen LogP) is 2.34. The van der Waals surface area contributed by atoms with Crippen LogP contribution in [0.2, 0.25) is 0 Å². The summed E-state index contributed by atoms with van der Waals surface area (Å²) < 4.78 is 5.32. The average molecular weight is 312 g/mol. The standard InChI is InChI=1S/C17H32N2O3/c1-5-7-12-22-17(21)15(13(3)6-2)18-16(20)14-10-8-9-11-19(14)4/h13-15H,5-12H2,1-4H3,(H,18,20)/t13-,14+,15-/m0/s1. The lowest BCUT2D eigenvalue weighted by molar-refractivity contribution is -0.150. The number of hydrogen-bond donors (Lipinski definition) is 1. The topological polar surface area (TPSA) is 58.6 Å². The molecule has 0 spiro atoms. The minimum Gasteiger partial charge on any atom is -0.464 e. The van der Waals surface area contributed by atoms with Crippen molar-refractivity contribution in [1.29, 1.82) is 0 Å². The molecule has 0 bridgehead atoms. The van der Waals surface area contributed by atoms with Gasteiger partial charge in [0.15, 0.2) is 0 Å². The highest BCUT2D eigenvalue weighted by atomic mass is 16.5. The van der Waals surface area contributed by atoms with E-state index < -0.39 is 6.04 Å². The van der Waals surface area contributed by atoms with Crippen LogP contribution < -0.4 is 5.32 Å². The number of piperidine rings is 1. The Balaban J connectivity index is 2.63. The van der Waals surface area contributed by atoms with Crippen LogP contribution in [-0.4, -0.2) is 49.1 Å². The first-order valence-electron chi connectivity index (χ1n) is 8.68. The SMILES string of the molecule is CCCCOC(=O)[C@@H](NC(=O)[C@H]1CCCCN1C)[C@@H](C)CC. The number of carbonyl (C=O) groups is 2. The molecule has 0 unspecified atom stereocenters. The summed E-state index contributed by atoms with van der Waals surface area (Å²) in [5, 5.41) is 2.94. The smallest absolute Gasteiger partial charge is 0.328 e. The molecular weight excluding hydrogens is 280 g/mol. The molecule has 0 aliphatic carbocycles. The van der Waals surface area contributed by atoms with Crippen LogP contribution in [0, 0.1) is 5.92 Å². The summed E-state index contributed by atoms with van der Waals surface area (Å²) in [4.78, 5) is 26.9. The van der Waals surface area contributed by atoms with Gasteiger partial charge in [-0.3, -0.25) is 9.69 Å². The molecular formula is C17H32N2O3. The number of ether oxygens (including phenoxy) is 1. The van der Waals surface area contributed by atoms with Gasteiger partial charge in [0.1, 0.15) is 6.04 Å². The van der Waals surface area contributed by atoms with E-state index in [1.807, 2.05) is 20.9 Å². The van der Waals surface area contributed by atoms with Crippen LogP contribution in [0.1, 0.15) is 59.3 Å². The van der Waals surface area contributed by atoms with Crippen molar-refractivity contribution >= 4 is 11.9 Å². The Labute approximate surface area is 134 Å². The molecule has 0 aromatic rings. The van der Waals surface area contributed by atoms with E-state index >= 15 is 0 Å². The summed E-state index contributed by atoms with van der Waals surface area (Å²) in [7, 11) is 1.97. The number of hydrogen-bond acceptors (Lipinski definition) is 4. The molecule has 5 nitrogen and oxygen atoms in total. The van der Waals surface area contributed by atoms with Gasteiger partial charge in [0.05, 0.1) is 12.6 Å². The Morgan fingerprint density at radius 2 is 2.05 bits per heavy atom. The number of likely N-dealkylation sites (tertiary alicyclic amines) is 1. The first-order chi connectivity index (χ1) is 10.5. The van der Waals surface area contributed by atoms with E-state index in [4.69, 9.17) is 4.74 Å². The number of nitrogens with zero attached hydrogens (tertiary/aromatic N) is 1. The Hall–Kier alpha value is -1.10. The van der Waals surface area contributed by atoms with Gasteiger partial charge in [-0.15, -0.1) is 0 Å². The van der Waals surface area contributed by atoms with Crippen LogP contribution in [0.3, 0.4) is 0 Å². The lowest BCUT2D eigenvalue weighted by atomic mass is 9.97. The maximum absolute atomic E-state index is 12.5. The second-order valence-corrected chi connectivity index (χ2v) is 6.39. The van der Waals surface area contributed by atoms with E-state index in [1.54, 1.807) is 0 Å². The highest BCUT2D eigenvalue weighted by Gasteiger charge is 2.32. The maximum atomic E-state index is 12.5. The first-order valence-corrected chi connectivity index (χ1v) is 8.68. The Morgan fingerprint density at radius 1 is 1.32 bits per heavy atom. The molecule has 0 radical (unpaired) electrons. The van der Waals surface area contributed by atoms with Crippen LogP contribution in [-0.2, 0) is 14.3 Å². The van der Waals surface area contributed by atoms with E-state index in [9.17, 15) is 9.59 Å². The van der Waals surface area contributed by atoms with Crippen molar-refractivity contribution < 1.29 is 14.3 Å². The molecule has 1 aliphatic rings. The molecule has 22 heavy (non-hydrogen) atoms. The van der Waals surface area contributed by atoms with Crippen LogP contribution >= 0.6 is 0 Å². The van der Waals surface area contributed by atoms with Gasteiger partial charge >= 0.3 is 5.97 Å². The van der Waals surface area contributed by atoms with Gasteiger partial charge in [0.2, 0.25) is 5.91 Å². The van der Waals surface area contributed by atoms with E-state index in [0.29, 0.717) is 6.61 Å². The quantitative estimate of drug-likeness (QED) is 0.552. The molecule has 1 aliphatic heterocycles. The van der Waals surface area contributed by atoms with Crippen molar-refractivity contribution in [2.45, 2.75) is 71.4 Å². The Kier molecular flexibility index (Phi) is 8.46. The second kappa shape index (κ2) is 9.82. The summed E-state index contributed by atoms with van der Waals surface area (Å²) in [6, 6.07) is -0.659. The van der Waals surface area contributed by atoms with E-state index in [1.165, 1.54) is 0 Å². The average Bonchev–Trinajstić information content (AvgIpc) is 2.52. The van der Waals surface area contributed by atoms with Gasteiger partial charge in [0.25, 0.3) is 0 Å². The summed E-state index contributed by atoms with van der Waals surface area (Å²) >= 11 is 0. The van der Waals surface area contributed by atoms with E-state index in [2.05, 4.69) is 17.1 Å². The number of unbranched alkanes of at least 4 members (excludes halogenated alkanes) is 1. The summed E-state index contributed by atoms with van der Waals surface area (Å²) in [6.45, 7) is 7.43. The van der Waals surface area contributed by atoms with E-state index in [0.717, 1.165) is 45.1 Å². The van der Waals surface area contributed by atoms with Gasteiger partial charge < -0.3 is 10.1 Å². The van der Waals surface area contributed by atoms with Crippen molar-refractivity contribution in [1.82, 2.24) is 10.2 Å². The molecule has 1 N–H and O–H groups in total. The van der Waals surface area contributed by atoms with Crippen LogP contribution in [0.5, 0.6) is 0 Å². The lowest BCUT2D eigenvalue weighted by Gasteiger charge is -2.33. The maximum Gasteiger partial charge on any atom is 0.328 e.